The fourth-order valence-corrected chi connectivity index (χ4v) is 2.14. The highest BCUT2D eigenvalue weighted by atomic mass is 16.4. The van der Waals surface area contributed by atoms with Gasteiger partial charge in [0, 0.05) is 5.56 Å². The summed E-state index contributed by atoms with van der Waals surface area (Å²) in [6, 6.07) is 11.4. The predicted molar refractivity (Wildman–Crippen MR) is 73.1 cm³/mol. The second-order valence-electron chi connectivity index (χ2n) is 4.47. The summed E-state index contributed by atoms with van der Waals surface area (Å²) < 4.78 is 6.56. The summed E-state index contributed by atoms with van der Waals surface area (Å²) in [6.07, 6.45) is 0.718. The Labute approximate surface area is 113 Å². The molecule has 0 unspecified atom stereocenters. The zero-order valence-electron chi connectivity index (χ0n) is 10.4. The van der Waals surface area contributed by atoms with E-state index in [2.05, 4.69) is 0 Å². The number of phenolic OH excluding ortho intramolecular Hbond substituents is 1. The molecule has 0 saturated heterocycles. The first-order chi connectivity index (χ1) is 9.67. The molecule has 0 fully saturated rings. The van der Waals surface area contributed by atoms with Gasteiger partial charge in [-0.1, -0.05) is 12.1 Å². The first-order valence-electron chi connectivity index (χ1n) is 6.04. The molecule has 1 aromatic heterocycles. The van der Waals surface area contributed by atoms with Crippen LogP contribution >= 0.6 is 0 Å². The number of aromatic nitrogens is 1. The normalized spacial score (nSPS) is 10.8. The van der Waals surface area contributed by atoms with Crippen molar-refractivity contribution in [3.63, 3.8) is 0 Å². The van der Waals surface area contributed by atoms with Crippen LogP contribution in [0.15, 0.2) is 51.7 Å². The maximum Gasteiger partial charge on any atom is 0.420 e. The molecular weight excluding hydrogens is 258 g/mol. The summed E-state index contributed by atoms with van der Waals surface area (Å²) in [6.45, 7) is 0.266. The lowest BCUT2D eigenvalue weighted by molar-refractivity contribution is 0.112. The van der Waals surface area contributed by atoms with Gasteiger partial charge < -0.3 is 9.52 Å². The van der Waals surface area contributed by atoms with E-state index in [9.17, 15) is 14.7 Å². The van der Waals surface area contributed by atoms with Gasteiger partial charge in [-0.3, -0.25) is 9.36 Å². The minimum absolute atomic E-state index is 0.136. The van der Waals surface area contributed by atoms with Crippen molar-refractivity contribution in [2.24, 2.45) is 0 Å². The Balaban J connectivity index is 2.12. The highest BCUT2D eigenvalue weighted by molar-refractivity contribution is 5.83. The Hall–Kier alpha value is -2.82. The van der Waals surface area contributed by atoms with E-state index in [1.54, 1.807) is 42.5 Å². The third-order valence-electron chi connectivity index (χ3n) is 3.08. The molecule has 1 heterocycles. The molecule has 0 aliphatic rings. The van der Waals surface area contributed by atoms with Crippen molar-refractivity contribution in [2.75, 3.05) is 0 Å². The van der Waals surface area contributed by atoms with Gasteiger partial charge in [-0.05, 0) is 35.9 Å². The Bertz CT molecular complexity index is 844. The van der Waals surface area contributed by atoms with Crippen LogP contribution in [-0.4, -0.2) is 16.0 Å². The van der Waals surface area contributed by atoms with Crippen LogP contribution in [0, 0.1) is 0 Å². The van der Waals surface area contributed by atoms with E-state index in [-0.39, 0.29) is 12.3 Å². The van der Waals surface area contributed by atoms with E-state index in [0.717, 1.165) is 11.8 Å². The number of nitrogens with zero attached hydrogens (tertiary/aromatic N) is 1. The number of fused-ring (bicyclic) bond motifs is 1. The fourth-order valence-electron chi connectivity index (χ4n) is 2.14. The van der Waals surface area contributed by atoms with Crippen molar-refractivity contribution >= 4 is 17.4 Å². The number of benzene rings is 2. The summed E-state index contributed by atoms with van der Waals surface area (Å²) in [5, 5.41) is 9.45. The van der Waals surface area contributed by atoms with Crippen LogP contribution in [0.2, 0.25) is 0 Å². The number of aromatic hydroxyl groups is 1. The molecule has 0 aliphatic heterocycles. The highest BCUT2D eigenvalue weighted by Gasteiger charge is 2.10. The van der Waals surface area contributed by atoms with E-state index < -0.39 is 5.76 Å². The summed E-state index contributed by atoms with van der Waals surface area (Å²) in [7, 11) is 0. The minimum Gasteiger partial charge on any atom is -0.508 e. The number of oxazole rings is 1. The Kier molecular flexibility index (Phi) is 2.87. The summed E-state index contributed by atoms with van der Waals surface area (Å²) >= 11 is 0. The topological polar surface area (TPSA) is 72.4 Å². The largest absolute Gasteiger partial charge is 0.508 e. The van der Waals surface area contributed by atoms with Crippen molar-refractivity contribution in [3.05, 3.63) is 64.1 Å². The SMILES string of the molecule is O=Cc1ccc2oc(=O)n(Cc3cccc(O)c3)c2c1. The average Bonchev–Trinajstić information content (AvgIpc) is 2.74. The molecule has 2 aromatic carbocycles. The number of hydrogen-bond acceptors (Lipinski definition) is 4. The maximum atomic E-state index is 11.9. The lowest BCUT2D eigenvalue weighted by Gasteiger charge is -2.03. The molecule has 20 heavy (non-hydrogen) atoms. The monoisotopic (exact) mass is 269 g/mol. The molecule has 100 valence electrons. The van der Waals surface area contributed by atoms with Crippen molar-refractivity contribution in [2.45, 2.75) is 6.54 Å². The number of phenols is 1. The Morgan fingerprint density at radius 2 is 2.05 bits per heavy atom. The highest BCUT2D eigenvalue weighted by Crippen LogP contribution is 2.17. The second-order valence-corrected chi connectivity index (χ2v) is 4.47. The molecule has 5 heteroatoms. The predicted octanol–water partition coefficient (Wildman–Crippen LogP) is 2.16. The molecule has 0 radical (unpaired) electrons. The van der Waals surface area contributed by atoms with Gasteiger partial charge in [0.1, 0.15) is 12.0 Å². The first-order valence-corrected chi connectivity index (χ1v) is 6.04. The van der Waals surface area contributed by atoms with E-state index in [0.29, 0.717) is 16.7 Å². The van der Waals surface area contributed by atoms with Crippen LogP contribution in [0.3, 0.4) is 0 Å². The third-order valence-corrected chi connectivity index (χ3v) is 3.08. The first kappa shape index (κ1) is 12.2. The quantitative estimate of drug-likeness (QED) is 0.739. The summed E-state index contributed by atoms with van der Waals surface area (Å²) in [5.41, 5.74) is 2.23. The van der Waals surface area contributed by atoms with Crippen LogP contribution in [0.25, 0.3) is 11.1 Å². The summed E-state index contributed by atoms with van der Waals surface area (Å²) in [5.74, 6) is -0.358. The number of aldehydes is 1. The number of carbonyl (C=O) groups excluding carboxylic acids is 1. The molecule has 0 aliphatic carbocycles. The van der Waals surface area contributed by atoms with Crippen molar-refractivity contribution in [1.82, 2.24) is 4.57 Å². The van der Waals surface area contributed by atoms with Crippen LogP contribution in [0.4, 0.5) is 0 Å². The number of carbonyl (C=O) groups is 1. The minimum atomic E-state index is -0.494. The van der Waals surface area contributed by atoms with Gasteiger partial charge in [-0.2, -0.15) is 0 Å². The van der Waals surface area contributed by atoms with Gasteiger partial charge in [0.15, 0.2) is 5.58 Å². The van der Waals surface area contributed by atoms with Gasteiger partial charge in [-0.25, -0.2) is 4.79 Å². The lowest BCUT2D eigenvalue weighted by atomic mass is 10.2. The molecule has 3 aromatic rings. The van der Waals surface area contributed by atoms with Crippen molar-refractivity contribution < 1.29 is 14.3 Å². The van der Waals surface area contributed by atoms with E-state index in [1.807, 2.05) is 0 Å². The maximum absolute atomic E-state index is 11.9. The van der Waals surface area contributed by atoms with E-state index in [1.165, 1.54) is 4.57 Å². The van der Waals surface area contributed by atoms with Crippen LogP contribution in [0.1, 0.15) is 15.9 Å². The molecule has 0 amide bonds. The van der Waals surface area contributed by atoms with Gasteiger partial charge in [0.25, 0.3) is 0 Å². The zero-order valence-corrected chi connectivity index (χ0v) is 10.4. The smallest absolute Gasteiger partial charge is 0.420 e. The Morgan fingerprint density at radius 3 is 2.80 bits per heavy atom. The molecule has 1 N–H and O–H groups in total. The average molecular weight is 269 g/mol. The van der Waals surface area contributed by atoms with Gasteiger partial charge >= 0.3 is 5.76 Å². The van der Waals surface area contributed by atoms with Crippen LogP contribution in [-0.2, 0) is 6.54 Å². The lowest BCUT2D eigenvalue weighted by Crippen LogP contribution is -2.14. The molecule has 0 bridgehead atoms. The molecule has 3 rings (SSSR count). The van der Waals surface area contributed by atoms with Gasteiger partial charge in [0.2, 0.25) is 0 Å². The number of hydrogen-bond donors (Lipinski definition) is 1. The zero-order chi connectivity index (χ0) is 14.1. The standard InChI is InChI=1S/C15H11NO4/c17-9-11-4-5-14-13(7-11)16(15(19)20-14)8-10-2-1-3-12(18)6-10/h1-7,9,18H,8H2. The molecular formula is C15H11NO4. The van der Waals surface area contributed by atoms with E-state index >= 15 is 0 Å². The molecule has 0 spiro atoms. The molecule has 5 nitrogen and oxygen atoms in total. The van der Waals surface area contributed by atoms with Crippen LogP contribution < -0.4 is 5.76 Å². The Morgan fingerprint density at radius 1 is 1.20 bits per heavy atom. The van der Waals surface area contributed by atoms with E-state index in [4.69, 9.17) is 4.42 Å². The second kappa shape index (κ2) is 4.70. The summed E-state index contributed by atoms with van der Waals surface area (Å²) in [4.78, 5) is 22.7. The molecule has 0 saturated carbocycles. The van der Waals surface area contributed by atoms with Gasteiger partial charge in [0.05, 0.1) is 12.1 Å². The van der Waals surface area contributed by atoms with Crippen molar-refractivity contribution in [1.29, 1.82) is 0 Å². The fraction of sp³-hybridized carbons (Fsp3) is 0.0667. The van der Waals surface area contributed by atoms with Crippen molar-refractivity contribution in [3.8, 4) is 5.75 Å². The molecule has 0 atom stereocenters. The third kappa shape index (κ3) is 2.09. The number of rotatable bonds is 3. The van der Waals surface area contributed by atoms with Gasteiger partial charge in [-0.15, -0.1) is 0 Å². The van der Waals surface area contributed by atoms with Crippen LogP contribution in [0.5, 0.6) is 5.75 Å².